The molecule has 0 saturated heterocycles. The quantitative estimate of drug-likeness (QED) is 0.370. The molecule has 4 rings (SSSR count). The van der Waals surface area contributed by atoms with Crippen molar-refractivity contribution in [3.8, 4) is 5.75 Å². The van der Waals surface area contributed by atoms with Crippen LogP contribution in [0.15, 0.2) is 71.5 Å². The van der Waals surface area contributed by atoms with Gasteiger partial charge >= 0.3 is 5.97 Å². The Hall–Kier alpha value is -4.53. The summed E-state index contributed by atoms with van der Waals surface area (Å²) in [5.74, 6) is -2.78. The lowest BCUT2D eigenvalue weighted by Gasteiger charge is -2.11. The van der Waals surface area contributed by atoms with Gasteiger partial charge in [0.05, 0.1) is 17.7 Å². The second-order valence-corrected chi connectivity index (χ2v) is 7.45. The van der Waals surface area contributed by atoms with Crippen molar-refractivity contribution in [3.63, 3.8) is 0 Å². The van der Waals surface area contributed by atoms with Crippen molar-refractivity contribution in [2.75, 3.05) is 6.61 Å². The molecule has 1 aromatic heterocycles. The van der Waals surface area contributed by atoms with Gasteiger partial charge in [0.25, 0.3) is 11.5 Å². The third-order valence-corrected chi connectivity index (χ3v) is 5.13. The van der Waals surface area contributed by atoms with Crippen LogP contribution < -0.4 is 15.6 Å². The minimum atomic E-state index is -1.03. The summed E-state index contributed by atoms with van der Waals surface area (Å²) < 4.78 is 20.1. The fraction of sp³-hybridized carbons (Fsp3) is 0.120. The summed E-state index contributed by atoms with van der Waals surface area (Å²) in [6.45, 7) is 0.299. The Labute approximate surface area is 193 Å². The van der Waals surface area contributed by atoms with Crippen molar-refractivity contribution >= 4 is 22.8 Å². The summed E-state index contributed by atoms with van der Waals surface area (Å²) >= 11 is 0. The highest BCUT2D eigenvalue weighted by Gasteiger charge is 2.17. The molecule has 4 aromatic rings. The number of ether oxygens (including phenoxy) is 1. The van der Waals surface area contributed by atoms with Crippen molar-refractivity contribution < 1.29 is 23.8 Å². The molecule has 3 N–H and O–H groups in total. The number of fused-ring (bicyclic) bond motifs is 1. The van der Waals surface area contributed by atoms with E-state index in [4.69, 9.17) is 9.84 Å². The second kappa shape index (κ2) is 9.95. The minimum Gasteiger partial charge on any atom is -0.489 e. The summed E-state index contributed by atoms with van der Waals surface area (Å²) in [6.07, 6.45) is 0.362. The van der Waals surface area contributed by atoms with Gasteiger partial charge in [-0.05, 0) is 35.4 Å². The van der Waals surface area contributed by atoms with Crippen molar-refractivity contribution in [2.45, 2.75) is 13.0 Å². The van der Waals surface area contributed by atoms with E-state index in [2.05, 4.69) is 15.3 Å². The lowest BCUT2D eigenvalue weighted by molar-refractivity contribution is 0.0696. The topological polar surface area (TPSA) is 121 Å². The molecule has 0 spiro atoms. The van der Waals surface area contributed by atoms with E-state index in [0.717, 1.165) is 17.2 Å². The van der Waals surface area contributed by atoms with Crippen LogP contribution in [0.1, 0.15) is 32.1 Å². The lowest BCUT2D eigenvalue weighted by Crippen LogP contribution is -2.27. The van der Waals surface area contributed by atoms with Gasteiger partial charge in [0.15, 0.2) is 17.4 Å². The Morgan fingerprint density at radius 3 is 2.44 bits per heavy atom. The zero-order chi connectivity index (χ0) is 24.1. The monoisotopic (exact) mass is 461 g/mol. The molecule has 0 aliphatic carbocycles. The highest BCUT2D eigenvalue weighted by Crippen LogP contribution is 2.25. The first kappa shape index (κ1) is 22.7. The molecule has 0 unspecified atom stereocenters. The molecule has 0 aliphatic rings. The Morgan fingerprint density at radius 2 is 1.74 bits per heavy atom. The third-order valence-electron chi connectivity index (χ3n) is 5.13. The van der Waals surface area contributed by atoms with Crippen molar-refractivity contribution in [1.82, 2.24) is 15.3 Å². The number of aromatic amines is 1. The molecule has 0 saturated carbocycles. The maximum Gasteiger partial charge on any atom is 0.335 e. The standard InChI is InChI=1S/C25H20FN3O5/c26-18-10-11-19-20(21(18)34-13-12-15-6-8-17(9-7-15)25(32)33)23(30)29-22(28-19)24(31)27-14-16-4-2-1-3-5-16/h1-11H,12-14H2,(H,27,31)(H,32,33)(H,28,29,30). The van der Waals surface area contributed by atoms with Crippen LogP contribution in [0.25, 0.3) is 10.9 Å². The number of hydrogen-bond acceptors (Lipinski definition) is 5. The van der Waals surface area contributed by atoms with Gasteiger partial charge in [-0.3, -0.25) is 9.59 Å². The van der Waals surface area contributed by atoms with E-state index in [1.807, 2.05) is 30.3 Å². The molecule has 1 heterocycles. The van der Waals surface area contributed by atoms with Crippen LogP contribution in [0.5, 0.6) is 5.75 Å². The van der Waals surface area contributed by atoms with Gasteiger partial charge in [-0.2, -0.15) is 0 Å². The number of nitrogens with zero attached hydrogens (tertiary/aromatic N) is 1. The summed E-state index contributed by atoms with van der Waals surface area (Å²) in [7, 11) is 0. The molecule has 8 nitrogen and oxygen atoms in total. The number of H-pyrrole nitrogens is 1. The predicted molar refractivity (Wildman–Crippen MR) is 123 cm³/mol. The van der Waals surface area contributed by atoms with E-state index in [-0.39, 0.29) is 41.2 Å². The zero-order valence-electron chi connectivity index (χ0n) is 17.9. The van der Waals surface area contributed by atoms with E-state index in [0.29, 0.717) is 6.42 Å². The van der Waals surface area contributed by atoms with Crippen molar-refractivity contribution in [3.05, 3.63) is 105 Å². The fourth-order valence-corrected chi connectivity index (χ4v) is 3.37. The van der Waals surface area contributed by atoms with E-state index >= 15 is 0 Å². The molecule has 0 atom stereocenters. The summed E-state index contributed by atoms with van der Waals surface area (Å²) in [5.41, 5.74) is 1.25. The van der Waals surface area contributed by atoms with E-state index < -0.39 is 23.3 Å². The summed E-state index contributed by atoms with van der Waals surface area (Å²) in [4.78, 5) is 42.7. The minimum absolute atomic E-state index is 0.0429. The first-order valence-corrected chi connectivity index (χ1v) is 10.4. The van der Waals surface area contributed by atoms with Gasteiger partial charge in [0.1, 0.15) is 5.39 Å². The number of carboxylic acid groups (broad SMARTS) is 1. The summed E-state index contributed by atoms with van der Waals surface area (Å²) in [6, 6.07) is 17.9. The van der Waals surface area contributed by atoms with Gasteiger partial charge in [-0.25, -0.2) is 14.2 Å². The van der Waals surface area contributed by atoms with Crippen LogP contribution in [-0.2, 0) is 13.0 Å². The molecular weight excluding hydrogens is 441 g/mol. The van der Waals surface area contributed by atoms with E-state index in [1.54, 1.807) is 12.1 Å². The Kier molecular flexibility index (Phi) is 6.63. The Bertz CT molecular complexity index is 1400. The lowest BCUT2D eigenvalue weighted by atomic mass is 10.1. The first-order valence-electron chi connectivity index (χ1n) is 10.4. The van der Waals surface area contributed by atoms with Crippen LogP contribution in [0.2, 0.25) is 0 Å². The van der Waals surface area contributed by atoms with Gasteiger partial charge in [0.2, 0.25) is 0 Å². The average Bonchev–Trinajstić information content (AvgIpc) is 2.84. The largest absolute Gasteiger partial charge is 0.489 e. The maximum atomic E-state index is 14.5. The number of aromatic carboxylic acids is 1. The van der Waals surface area contributed by atoms with E-state index in [9.17, 15) is 18.8 Å². The smallest absolute Gasteiger partial charge is 0.335 e. The molecule has 34 heavy (non-hydrogen) atoms. The number of hydrogen-bond donors (Lipinski definition) is 3. The van der Waals surface area contributed by atoms with E-state index in [1.165, 1.54) is 18.2 Å². The van der Waals surface area contributed by atoms with Crippen LogP contribution >= 0.6 is 0 Å². The highest BCUT2D eigenvalue weighted by molar-refractivity contribution is 5.93. The molecule has 0 bridgehead atoms. The SMILES string of the molecule is O=C(O)c1ccc(CCOc2c(F)ccc3nc(C(=O)NCc4ccccc4)[nH]c(=O)c23)cc1. The Morgan fingerprint density at radius 1 is 1.00 bits per heavy atom. The number of nitrogens with one attached hydrogen (secondary N) is 2. The number of rotatable bonds is 8. The highest BCUT2D eigenvalue weighted by atomic mass is 19.1. The number of carbonyl (C=O) groups excluding carboxylic acids is 1. The molecule has 0 aliphatic heterocycles. The summed E-state index contributed by atoms with van der Waals surface area (Å²) in [5, 5.41) is 11.6. The number of carboxylic acids is 1. The molecule has 3 aromatic carbocycles. The van der Waals surface area contributed by atoms with Crippen LogP contribution in [-0.4, -0.2) is 33.6 Å². The number of aromatic nitrogens is 2. The Balaban J connectivity index is 1.50. The zero-order valence-corrected chi connectivity index (χ0v) is 17.9. The number of amides is 1. The average molecular weight is 461 g/mol. The number of carbonyl (C=O) groups is 2. The van der Waals surface area contributed by atoms with Crippen LogP contribution in [0.3, 0.4) is 0 Å². The van der Waals surface area contributed by atoms with Crippen molar-refractivity contribution in [2.24, 2.45) is 0 Å². The second-order valence-electron chi connectivity index (χ2n) is 7.45. The van der Waals surface area contributed by atoms with Gasteiger partial charge in [-0.1, -0.05) is 42.5 Å². The third kappa shape index (κ3) is 5.09. The maximum absolute atomic E-state index is 14.5. The van der Waals surface area contributed by atoms with Gasteiger partial charge in [0, 0.05) is 13.0 Å². The van der Waals surface area contributed by atoms with Crippen LogP contribution in [0, 0.1) is 5.82 Å². The number of halogens is 1. The molecule has 1 amide bonds. The van der Waals surface area contributed by atoms with Gasteiger partial charge < -0.3 is 20.1 Å². The molecule has 172 valence electrons. The molecule has 0 fully saturated rings. The fourth-order valence-electron chi connectivity index (χ4n) is 3.37. The molecular formula is C25H20FN3O5. The normalized spacial score (nSPS) is 10.7. The van der Waals surface area contributed by atoms with Gasteiger partial charge in [-0.15, -0.1) is 0 Å². The predicted octanol–water partition coefficient (Wildman–Crippen LogP) is 3.31. The van der Waals surface area contributed by atoms with Crippen LogP contribution in [0.4, 0.5) is 4.39 Å². The number of benzene rings is 3. The molecule has 0 radical (unpaired) electrons. The molecule has 9 heteroatoms. The van der Waals surface area contributed by atoms with Crippen molar-refractivity contribution in [1.29, 1.82) is 0 Å². The first-order chi connectivity index (χ1) is 16.4.